The van der Waals surface area contributed by atoms with Crippen LogP contribution in [0.3, 0.4) is 0 Å². The van der Waals surface area contributed by atoms with Crippen LogP contribution >= 0.6 is 15.6 Å². The fourth-order valence-electron chi connectivity index (χ4n) is 5.38. The van der Waals surface area contributed by atoms with Crippen LogP contribution in [0.5, 0.6) is 0 Å². The van der Waals surface area contributed by atoms with Gasteiger partial charge in [0, 0.05) is 0 Å². The molecule has 0 bridgehead atoms. The van der Waals surface area contributed by atoms with Gasteiger partial charge in [-0.3, -0.25) is 27.2 Å². The molecule has 236 valence electrons. The van der Waals surface area contributed by atoms with Crippen LogP contribution in [0.25, 0.3) is 22.3 Å². The Labute approximate surface area is 245 Å². The standard InChI is InChI=1S/C20H26N12O10P2/c21-9-13-7(39-19(9)31-5-29-11-15(23)25-3-27-17(11)31)1-37-43(33,34)42-14-8(2-38-44(35,36)41-13)40-20(10(14)22)32-6-30-12-16(24)26-4-28-18(12)32/h3-10,13-14,19-20H,1-2,21-22H2,(H,33,34)(H,35,36)(H2,23,25,27)(H2,24,26,28)/t7-,8-,9?,10?,13?,14?,19-,20-/m1/s1. The van der Waals surface area contributed by atoms with Crippen LogP contribution in [-0.2, 0) is 36.7 Å². The zero-order valence-corrected chi connectivity index (χ0v) is 24.1. The third kappa shape index (κ3) is 5.04. The normalized spacial score (nSPS) is 38.3. The summed E-state index contributed by atoms with van der Waals surface area (Å²) in [7, 11) is -9.76. The van der Waals surface area contributed by atoms with Gasteiger partial charge in [0.25, 0.3) is 0 Å². The maximum absolute atomic E-state index is 13.2. The predicted molar refractivity (Wildman–Crippen MR) is 145 cm³/mol. The highest BCUT2D eigenvalue weighted by Crippen LogP contribution is 2.53. The molecular weight excluding hydrogens is 630 g/mol. The minimum Gasteiger partial charge on any atom is -0.382 e. The number of hydrogen-bond acceptors (Lipinski definition) is 18. The summed E-state index contributed by atoms with van der Waals surface area (Å²) in [5.41, 5.74) is 25.6. The molecule has 22 nitrogen and oxygen atoms in total. The summed E-state index contributed by atoms with van der Waals surface area (Å²) in [6.45, 7) is -1.32. The Kier molecular flexibility index (Phi) is 7.16. The third-order valence-corrected chi connectivity index (χ3v) is 9.39. The number of ether oxygens (including phenoxy) is 2. The van der Waals surface area contributed by atoms with Gasteiger partial charge < -0.3 is 42.2 Å². The van der Waals surface area contributed by atoms with E-state index in [9.17, 15) is 18.9 Å². The molecule has 10 atom stereocenters. The maximum Gasteiger partial charge on any atom is 0.472 e. The molecule has 3 aliphatic rings. The minimum absolute atomic E-state index is 0.102. The van der Waals surface area contributed by atoms with Crippen molar-refractivity contribution in [3.05, 3.63) is 25.3 Å². The minimum atomic E-state index is -4.88. The number of phosphoric ester groups is 2. The van der Waals surface area contributed by atoms with E-state index in [0.29, 0.717) is 0 Å². The molecule has 0 saturated carbocycles. The molecule has 3 fully saturated rings. The van der Waals surface area contributed by atoms with Crippen LogP contribution < -0.4 is 22.9 Å². The van der Waals surface area contributed by atoms with Crippen LogP contribution in [0.4, 0.5) is 11.6 Å². The Hall–Kier alpha value is -3.24. The lowest BCUT2D eigenvalue weighted by atomic mass is 10.1. The molecule has 0 spiro atoms. The average Bonchev–Trinajstić information content (AvgIpc) is 3.73. The summed E-state index contributed by atoms with van der Waals surface area (Å²) in [6, 6.07) is -2.30. The highest BCUT2D eigenvalue weighted by atomic mass is 31.2. The van der Waals surface area contributed by atoms with Crippen molar-refractivity contribution in [3.8, 4) is 0 Å². The van der Waals surface area contributed by atoms with E-state index in [1.54, 1.807) is 0 Å². The summed E-state index contributed by atoms with van der Waals surface area (Å²) in [4.78, 5) is 45.8. The van der Waals surface area contributed by atoms with E-state index in [1.165, 1.54) is 34.4 Å². The first-order valence-corrected chi connectivity index (χ1v) is 15.9. The molecule has 0 aromatic carbocycles. The largest absolute Gasteiger partial charge is 0.472 e. The van der Waals surface area contributed by atoms with Crippen molar-refractivity contribution in [1.82, 2.24) is 39.0 Å². The van der Waals surface area contributed by atoms with E-state index in [4.69, 9.17) is 50.5 Å². The Morgan fingerprint density at radius 2 is 1.11 bits per heavy atom. The molecule has 7 rings (SSSR count). The maximum atomic E-state index is 13.2. The lowest BCUT2D eigenvalue weighted by Gasteiger charge is -2.28. The topological polar surface area (TPSA) is 321 Å². The Balaban J connectivity index is 1.17. The molecule has 3 aliphatic heterocycles. The number of anilines is 2. The van der Waals surface area contributed by atoms with Crippen LogP contribution in [-0.4, -0.2) is 98.5 Å². The summed E-state index contributed by atoms with van der Waals surface area (Å²) >= 11 is 0. The molecule has 4 aromatic heterocycles. The van der Waals surface area contributed by atoms with Gasteiger partial charge in [-0.15, -0.1) is 0 Å². The van der Waals surface area contributed by atoms with Gasteiger partial charge >= 0.3 is 15.6 Å². The number of hydrogen-bond donors (Lipinski definition) is 6. The zero-order chi connectivity index (χ0) is 31.0. The van der Waals surface area contributed by atoms with Crippen molar-refractivity contribution in [3.63, 3.8) is 0 Å². The van der Waals surface area contributed by atoms with E-state index < -0.39 is 77.8 Å². The number of aromatic nitrogens is 8. The molecule has 0 radical (unpaired) electrons. The van der Waals surface area contributed by atoms with Gasteiger partial charge in [0.05, 0.1) is 38.0 Å². The fourth-order valence-corrected chi connectivity index (χ4v) is 7.34. The monoisotopic (exact) mass is 656 g/mol. The second-order valence-corrected chi connectivity index (χ2v) is 12.9. The van der Waals surface area contributed by atoms with E-state index in [2.05, 4.69) is 29.9 Å². The highest BCUT2D eigenvalue weighted by molar-refractivity contribution is 7.47. The Morgan fingerprint density at radius 3 is 1.52 bits per heavy atom. The highest BCUT2D eigenvalue weighted by Gasteiger charge is 2.53. The van der Waals surface area contributed by atoms with Crippen molar-refractivity contribution in [2.75, 3.05) is 24.7 Å². The van der Waals surface area contributed by atoms with Gasteiger partial charge in [0.1, 0.15) is 48.1 Å². The first-order chi connectivity index (χ1) is 20.9. The van der Waals surface area contributed by atoms with Gasteiger partial charge in [-0.2, -0.15) is 0 Å². The number of nitrogens with two attached hydrogens (primary N) is 4. The predicted octanol–water partition coefficient (Wildman–Crippen LogP) is -1.70. The lowest BCUT2D eigenvalue weighted by molar-refractivity contribution is -0.0661. The van der Waals surface area contributed by atoms with Crippen LogP contribution in [0.1, 0.15) is 12.5 Å². The molecule has 6 unspecified atom stereocenters. The average molecular weight is 656 g/mol. The summed E-state index contributed by atoms with van der Waals surface area (Å²) in [5.74, 6) is 0.203. The van der Waals surface area contributed by atoms with Crippen molar-refractivity contribution in [2.24, 2.45) is 11.5 Å². The van der Waals surface area contributed by atoms with Gasteiger partial charge in [0.15, 0.2) is 35.4 Å². The lowest BCUT2D eigenvalue weighted by Crippen LogP contribution is -2.43. The van der Waals surface area contributed by atoms with Crippen LogP contribution in [0, 0.1) is 0 Å². The number of imidazole rings is 2. The summed E-state index contributed by atoms with van der Waals surface area (Å²) < 4.78 is 62.5. The van der Waals surface area contributed by atoms with E-state index in [0.717, 1.165) is 0 Å². The van der Waals surface area contributed by atoms with Crippen LogP contribution in [0.15, 0.2) is 25.3 Å². The second-order valence-electron chi connectivity index (χ2n) is 10.1. The summed E-state index contributed by atoms with van der Waals surface area (Å²) in [5, 5.41) is 0. The molecular formula is C20H26N12O10P2. The quantitative estimate of drug-likeness (QED) is 0.131. The molecule has 44 heavy (non-hydrogen) atoms. The molecule has 4 aromatic rings. The molecule has 7 heterocycles. The van der Waals surface area contributed by atoms with E-state index in [-0.39, 0.29) is 34.0 Å². The fraction of sp³-hybridized carbons (Fsp3) is 0.500. The van der Waals surface area contributed by atoms with Gasteiger partial charge in [-0.1, -0.05) is 0 Å². The smallest absolute Gasteiger partial charge is 0.382 e. The summed E-state index contributed by atoms with van der Waals surface area (Å²) in [6.07, 6.45) is -2.38. The molecule has 10 N–H and O–H groups in total. The number of fused-ring (bicyclic) bond motifs is 4. The van der Waals surface area contributed by atoms with Gasteiger partial charge in [0.2, 0.25) is 0 Å². The van der Waals surface area contributed by atoms with Crippen molar-refractivity contribution in [2.45, 2.75) is 49.0 Å². The van der Waals surface area contributed by atoms with Crippen LogP contribution in [0.2, 0.25) is 0 Å². The third-order valence-electron chi connectivity index (χ3n) is 7.41. The van der Waals surface area contributed by atoms with Crippen molar-refractivity contribution < 1.29 is 46.5 Å². The van der Waals surface area contributed by atoms with Crippen molar-refractivity contribution in [1.29, 1.82) is 0 Å². The number of rotatable bonds is 2. The SMILES string of the molecule is Nc1ncnc2c1ncn2[C@@H]1O[C@@H]2COP(=O)(O)OC3C(N)[C@H](n4cnc5c(N)ncnc54)O[C@@H]3COP(=O)(O)OC2C1N. The second kappa shape index (κ2) is 10.7. The zero-order valence-electron chi connectivity index (χ0n) is 22.3. The molecule has 3 saturated heterocycles. The van der Waals surface area contributed by atoms with E-state index >= 15 is 0 Å². The van der Waals surface area contributed by atoms with Gasteiger partial charge in [-0.05, 0) is 0 Å². The Bertz CT molecular complexity index is 1690. The van der Waals surface area contributed by atoms with Gasteiger partial charge in [-0.25, -0.2) is 39.0 Å². The number of phosphoric acid groups is 2. The molecule has 24 heteroatoms. The van der Waals surface area contributed by atoms with Crippen molar-refractivity contribution >= 4 is 49.6 Å². The Morgan fingerprint density at radius 1 is 0.705 bits per heavy atom. The molecule has 0 aliphatic carbocycles. The number of nitrogens with zero attached hydrogens (tertiary/aromatic N) is 8. The van der Waals surface area contributed by atoms with E-state index in [1.807, 2.05) is 0 Å². The molecule has 0 amide bonds. The first kappa shape index (κ1) is 29.5. The first-order valence-electron chi connectivity index (χ1n) is 12.9. The number of nitrogen functional groups attached to an aromatic ring is 2.